The molecule has 53 heavy (non-hydrogen) atoms. The number of halogens is 7. The van der Waals surface area contributed by atoms with Gasteiger partial charge >= 0.3 is 12.4 Å². The van der Waals surface area contributed by atoms with Gasteiger partial charge in [-0.1, -0.05) is 24.0 Å². The zero-order valence-electron chi connectivity index (χ0n) is 29.2. The lowest BCUT2D eigenvalue weighted by atomic mass is 9.71. The largest absolute Gasteiger partial charge is 0.482 e. The number of thiophene rings is 1. The normalized spacial score (nSPS) is 22.3. The molecule has 1 aliphatic carbocycles. The van der Waals surface area contributed by atoms with E-state index in [1.807, 2.05) is 6.07 Å². The number of ether oxygens (including phenoxy) is 3. The molecular formula is C38H43F7N4O3S. The summed E-state index contributed by atoms with van der Waals surface area (Å²) in [7, 11) is 0. The predicted octanol–water partition coefficient (Wildman–Crippen LogP) is 8.22. The van der Waals surface area contributed by atoms with Gasteiger partial charge in [0.2, 0.25) is 0 Å². The molecule has 0 bridgehead atoms. The lowest BCUT2D eigenvalue weighted by Gasteiger charge is -2.56. The number of morpholine rings is 1. The molecule has 4 fully saturated rings. The van der Waals surface area contributed by atoms with E-state index in [-0.39, 0.29) is 40.2 Å². The van der Waals surface area contributed by atoms with E-state index >= 15 is 4.39 Å². The molecule has 288 valence electrons. The Balaban J connectivity index is 1.05. The highest BCUT2D eigenvalue weighted by molar-refractivity contribution is 7.20. The molecule has 4 heterocycles. The van der Waals surface area contributed by atoms with Crippen LogP contribution in [0.3, 0.4) is 0 Å². The van der Waals surface area contributed by atoms with Crippen LogP contribution in [0.15, 0.2) is 30.3 Å². The summed E-state index contributed by atoms with van der Waals surface area (Å²) in [5.74, 6) is 4.78. The summed E-state index contributed by atoms with van der Waals surface area (Å²) in [5.41, 5.74) is 1.31. The van der Waals surface area contributed by atoms with E-state index in [0.29, 0.717) is 47.8 Å². The van der Waals surface area contributed by atoms with Crippen molar-refractivity contribution in [1.82, 2.24) is 4.90 Å². The van der Waals surface area contributed by atoms with Gasteiger partial charge in [-0.15, -0.1) is 11.3 Å². The standard InChI is InChI=1S/C38H43F7N4O3S/c39-29-19-31(33(52-24-38(43,44)45)20-32(29)48-13-17-51-18-14-48)46-12-2-5-34-28(21-37(40,41)42)27-3-1-4-30(35(27)53-34)47-25-6-8-26(9-7-25)49-22-36(23-49)10-15-50-16-11-36/h1,3-4,19-20,25-26,46-47H,6-18,21-24H2. The van der Waals surface area contributed by atoms with Crippen molar-refractivity contribution < 1.29 is 44.9 Å². The van der Waals surface area contributed by atoms with Gasteiger partial charge in [-0.3, -0.25) is 4.90 Å². The van der Waals surface area contributed by atoms with Crippen LogP contribution in [-0.2, 0) is 15.9 Å². The van der Waals surface area contributed by atoms with Crippen LogP contribution < -0.4 is 20.3 Å². The third kappa shape index (κ3) is 9.27. The average molecular weight is 769 g/mol. The minimum atomic E-state index is -4.63. The summed E-state index contributed by atoms with van der Waals surface area (Å²) in [6, 6.07) is 8.34. The van der Waals surface area contributed by atoms with Crippen molar-refractivity contribution in [2.24, 2.45) is 5.41 Å². The van der Waals surface area contributed by atoms with Crippen molar-refractivity contribution in [1.29, 1.82) is 0 Å². The molecule has 0 amide bonds. The molecule has 3 aromatic rings. The summed E-state index contributed by atoms with van der Waals surface area (Å²) >= 11 is 1.18. The van der Waals surface area contributed by atoms with E-state index < -0.39 is 31.2 Å². The van der Waals surface area contributed by atoms with Crippen LogP contribution >= 0.6 is 11.3 Å². The van der Waals surface area contributed by atoms with Gasteiger partial charge in [-0.25, -0.2) is 4.39 Å². The second-order valence-electron chi connectivity index (χ2n) is 14.5. The molecular weight excluding hydrogens is 725 g/mol. The van der Waals surface area contributed by atoms with Crippen LogP contribution in [-0.4, -0.2) is 95.1 Å². The summed E-state index contributed by atoms with van der Waals surface area (Å²) in [5, 5.41) is 6.91. The molecule has 1 saturated carbocycles. The van der Waals surface area contributed by atoms with E-state index in [1.54, 1.807) is 17.0 Å². The van der Waals surface area contributed by atoms with Gasteiger partial charge in [0.15, 0.2) is 6.61 Å². The Labute approximate surface area is 308 Å². The summed E-state index contributed by atoms with van der Waals surface area (Å²) < 4.78 is 113. The number of fused-ring (bicyclic) bond motifs is 1. The zero-order chi connectivity index (χ0) is 37.2. The molecule has 7 nitrogen and oxygen atoms in total. The van der Waals surface area contributed by atoms with E-state index in [4.69, 9.17) is 14.2 Å². The molecule has 1 spiro atoms. The van der Waals surface area contributed by atoms with Crippen LogP contribution in [0.4, 0.5) is 47.8 Å². The average Bonchev–Trinajstić information content (AvgIpc) is 3.45. The topological polar surface area (TPSA) is 58.2 Å². The fourth-order valence-electron chi connectivity index (χ4n) is 8.03. The number of likely N-dealkylation sites (tertiary alicyclic amines) is 1. The highest BCUT2D eigenvalue weighted by atomic mass is 32.1. The molecule has 0 atom stereocenters. The Morgan fingerprint density at radius 3 is 2.32 bits per heavy atom. The van der Waals surface area contributed by atoms with Crippen molar-refractivity contribution in [2.45, 2.75) is 69.4 Å². The first-order chi connectivity index (χ1) is 25.3. The number of hydrogen-bond donors (Lipinski definition) is 2. The van der Waals surface area contributed by atoms with Gasteiger partial charge in [0.25, 0.3) is 0 Å². The SMILES string of the molecule is Fc1cc(NCC#Cc2sc3c(NC4CCC(N5CC6(CCOCC6)C5)CC4)cccc3c2CC(F)(F)F)c(OCC(F)(F)F)cc1N1CCOCC1. The van der Waals surface area contributed by atoms with Crippen molar-refractivity contribution in [3.8, 4) is 17.6 Å². The van der Waals surface area contributed by atoms with E-state index in [0.717, 1.165) is 76.6 Å². The number of nitrogens with zero attached hydrogens (tertiary/aromatic N) is 2. The predicted molar refractivity (Wildman–Crippen MR) is 192 cm³/mol. The number of anilines is 3. The van der Waals surface area contributed by atoms with Crippen molar-refractivity contribution >= 4 is 38.5 Å². The Kier molecular flexibility index (Phi) is 11.2. The zero-order valence-corrected chi connectivity index (χ0v) is 30.1. The van der Waals surface area contributed by atoms with Gasteiger partial charge in [0, 0.05) is 69.0 Å². The lowest BCUT2D eigenvalue weighted by Crippen LogP contribution is -2.62. The lowest BCUT2D eigenvalue weighted by molar-refractivity contribution is -0.153. The third-order valence-corrected chi connectivity index (χ3v) is 12.0. The monoisotopic (exact) mass is 768 g/mol. The Bertz CT molecular complexity index is 1790. The summed E-state index contributed by atoms with van der Waals surface area (Å²) in [6.45, 7) is 3.62. The second-order valence-corrected chi connectivity index (χ2v) is 15.5. The summed E-state index contributed by atoms with van der Waals surface area (Å²) in [4.78, 5) is 4.52. The van der Waals surface area contributed by atoms with Crippen LogP contribution in [0.5, 0.6) is 5.75 Å². The van der Waals surface area contributed by atoms with Gasteiger partial charge in [-0.05, 0) is 55.5 Å². The van der Waals surface area contributed by atoms with Crippen LogP contribution in [0.25, 0.3) is 10.1 Å². The first-order valence-electron chi connectivity index (χ1n) is 18.1. The van der Waals surface area contributed by atoms with Crippen molar-refractivity contribution in [2.75, 3.05) is 81.3 Å². The Morgan fingerprint density at radius 2 is 1.62 bits per heavy atom. The maximum Gasteiger partial charge on any atom is 0.422 e. The minimum Gasteiger partial charge on any atom is -0.482 e. The number of nitrogens with one attached hydrogen (secondary N) is 2. The van der Waals surface area contributed by atoms with E-state index in [9.17, 15) is 26.3 Å². The smallest absolute Gasteiger partial charge is 0.422 e. The van der Waals surface area contributed by atoms with Gasteiger partial charge < -0.3 is 29.7 Å². The van der Waals surface area contributed by atoms with Gasteiger partial charge in [-0.2, -0.15) is 26.3 Å². The number of alkyl halides is 6. The first kappa shape index (κ1) is 37.8. The van der Waals surface area contributed by atoms with Crippen molar-refractivity contribution in [3.05, 3.63) is 46.6 Å². The van der Waals surface area contributed by atoms with Crippen LogP contribution in [0.1, 0.15) is 49.0 Å². The fourth-order valence-corrected chi connectivity index (χ4v) is 9.20. The molecule has 7 rings (SSSR count). The number of benzene rings is 2. The number of rotatable bonds is 9. The Morgan fingerprint density at radius 1 is 0.906 bits per heavy atom. The molecule has 4 aliphatic rings. The quantitative estimate of drug-likeness (QED) is 0.168. The molecule has 2 N–H and O–H groups in total. The molecule has 0 radical (unpaired) electrons. The molecule has 1 aromatic heterocycles. The Hall–Kier alpha value is -3.45. The minimum absolute atomic E-state index is 0.0525. The second kappa shape index (κ2) is 15.7. The van der Waals surface area contributed by atoms with Crippen LogP contribution in [0, 0.1) is 23.1 Å². The fraction of sp³-hybridized carbons (Fsp3) is 0.579. The number of hydrogen-bond acceptors (Lipinski definition) is 8. The third-order valence-electron chi connectivity index (χ3n) is 10.8. The maximum atomic E-state index is 15.2. The molecule has 3 saturated heterocycles. The molecule has 2 aromatic carbocycles. The first-order valence-corrected chi connectivity index (χ1v) is 18.9. The highest BCUT2D eigenvalue weighted by Crippen LogP contribution is 2.44. The van der Waals surface area contributed by atoms with Gasteiger partial charge in [0.05, 0.1) is 52.8 Å². The highest BCUT2D eigenvalue weighted by Gasteiger charge is 2.46. The van der Waals surface area contributed by atoms with Crippen LogP contribution in [0.2, 0.25) is 0 Å². The van der Waals surface area contributed by atoms with E-state index in [1.165, 1.54) is 17.4 Å². The molecule has 15 heteroatoms. The van der Waals surface area contributed by atoms with E-state index in [2.05, 4.69) is 27.4 Å². The molecule has 0 unspecified atom stereocenters. The molecule has 3 aliphatic heterocycles. The maximum absolute atomic E-state index is 15.2. The van der Waals surface area contributed by atoms with Crippen molar-refractivity contribution in [3.63, 3.8) is 0 Å². The summed E-state index contributed by atoms with van der Waals surface area (Å²) in [6.07, 6.45) is -3.93. The van der Waals surface area contributed by atoms with Gasteiger partial charge in [0.1, 0.15) is 11.6 Å².